The van der Waals surface area contributed by atoms with Crippen molar-refractivity contribution in [2.24, 2.45) is 5.92 Å². The van der Waals surface area contributed by atoms with Gasteiger partial charge >= 0.3 is 5.69 Å². The molecule has 0 unspecified atom stereocenters. The molecule has 2 aromatic carbocycles. The van der Waals surface area contributed by atoms with Crippen LogP contribution in [0.1, 0.15) is 28.9 Å². The summed E-state index contributed by atoms with van der Waals surface area (Å²) in [5.74, 6) is 0.698. The Morgan fingerprint density at radius 2 is 1.78 bits per heavy atom. The number of carbonyl (C=O) groups is 1. The van der Waals surface area contributed by atoms with Crippen molar-refractivity contribution < 1.29 is 14.3 Å². The third-order valence-corrected chi connectivity index (χ3v) is 5.32. The van der Waals surface area contributed by atoms with E-state index >= 15 is 0 Å². The molecule has 0 bridgehead atoms. The number of carbonyl (C=O) groups excluding carboxylic acids is 1. The van der Waals surface area contributed by atoms with Gasteiger partial charge < -0.3 is 14.8 Å². The predicted molar refractivity (Wildman–Crippen MR) is 118 cm³/mol. The van der Waals surface area contributed by atoms with Gasteiger partial charge in [0.1, 0.15) is 0 Å². The predicted octanol–water partition coefficient (Wildman–Crippen LogP) is 1.60. The molecule has 0 saturated heterocycles. The number of hydrogen-bond acceptors (Lipinski definition) is 6. The molecule has 32 heavy (non-hydrogen) atoms. The average molecular weight is 436 g/mol. The van der Waals surface area contributed by atoms with Crippen LogP contribution in [0.2, 0.25) is 0 Å². The summed E-state index contributed by atoms with van der Waals surface area (Å²) in [6, 6.07) is 13.9. The van der Waals surface area contributed by atoms with Crippen LogP contribution in [0.15, 0.2) is 58.1 Å². The second-order valence-electron chi connectivity index (χ2n) is 7.61. The molecule has 1 fully saturated rings. The first-order chi connectivity index (χ1) is 15.5. The van der Waals surface area contributed by atoms with Crippen molar-refractivity contribution in [1.29, 1.82) is 0 Å². The van der Waals surface area contributed by atoms with Gasteiger partial charge in [0, 0.05) is 12.6 Å². The summed E-state index contributed by atoms with van der Waals surface area (Å²) in [4.78, 5) is 39.1. The monoisotopic (exact) mass is 436 g/mol. The van der Waals surface area contributed by atoms with Crippen LogP contribution in [-0.2, 0) is 6.54 Å². The molecule has 0 aliphatic heterocycles. The summed E-state index contributed by atoms with van der Waals surface area (Å²) in [5, 5.41) is 6.89. The summed E-state index contributed by atoms with van der Waals surface area (Å²) in [7, 11) is 2.98. The van der Waals surface area contributed by atoms with E-state index in [0.717, 1.165) is 27.7 Å². The first-order valence-electron chi connectivity index (χ1n) is 10.3. The van der Waals surface area contributed by atoms with Gasteiger partial charge in [0.2, 0.25) is 5.69 Å². The number of methoxy groups -OCH3 is 2. The van der Waals surface area contributed by atoms with Crippen LogP contribution in [-0.4, -0.2) is 41.0 Å². The maximum absolute atomic E-state index is 13.3. The Bertz CT molecular complexity index is 1250. The lowest BCUT2D eigenvalue weighted by Crippen LogP contribution is -2.46. The molecule has 9 nitrogen and oxygen atoms in total. The third-order valence-electron chi connectivity index (χ3n) is 5.32. The Morgan fingerprint density at radius 3 is 2.44 bits per heavy atom. The van der Waals surface area contributed by atoms with E-state index in [1.807, 2.05) is 18.2 Å². The van der Waals surface area contributed by atoms with Gasteiger partial charge in [-0.15, -0.1) is 0 Å². The fraction of sp³-hybridized carbons (Fsp3) is 0.304. The number of aromatic nitrogens is 3. The lowest BCUT2D eigenvalue weighted by molar-refractivity contribution is 0.0942. The molecule has 1 amide bonds. The van der Waals surface area contributed by atoms with Crippen molar-refractivity contribution in [3.63, 3.8) is 0 Å². The first-order valence-corrected chi connectivity index (χ1v) is 10.3. The zero-order valence-corrected chi connectivity index (χ0v) is 17.9. The summed E-state index contributed by atoms with van der Waals surface area (Å²) >= 11 is 0. The van der Waals surface area contributed by atoms with E-state index in [1.54, 1.807) is 30.3 Å². The number of hydrogen-bond donors (Lipinski definition) is 1. The highest BCUT2D eigenvalue weighted by atomic mass is 16.5. The molecule has 166 valence electrons. The molecule has 1 N–H and O–H groups in total. The smallest absolute Gasteiger partial charge is 0.352 e. The molecular weight excluding hydrogens is 412 g/mol. The van der Waals surface area contributed by atoms with Crippen molar-refractivity contribution >= 4 is 5.91 Å². The van der Waals surface area contributed by atoms with Crippen LogP contribution in [0.4, 0.5) is 0 Å². The van der Waals surface area contributed by atoms with Gasteiger partial charge in [-0.2, -0.15) is 9.78 Å². The van der Waals surface area contributed by atoms with Crippen molar-refractivity contribution in [3.05, 3.63) is 80.6 Å². The van der Waals surface area contributed by atoms with E-state index < -0.39 is 17.2 Å². The SMILES string of the molecule is COc1ccc(-n2nc(C(=O)NCC3CC3)c(=O)n(Cc3ccccc3)c2=O)cc1OC. The number of ether oxygens (including phenoxy) is 2. The Balaban J connectivity index is 1.83. The maximum Gasteiger partial charge on any atom is 0.352 e. The van der Waals surface area contributed by atoms with E-state index in [2.05, 4.69) is 10.4 Å². The number of nitrogens with one attached hydrogen (secondary N) is 1. The maximum atomic E-state index is 13.3. The van der Waals surface area contributed by atoms with E-state index in [4.69, 9.17) is 9.47 Å². The molecule has 0 spiro atoms. The van der Waals surface area contributed by atoms with Crippen molar-refractivity contribution in [2.45, 2.75) is 19.4 Å². The fourth-order valence-electron chi connectivity index (χ4n) is 3.33. The van der Waals surface area contributed by atoms with Crippen molar-refractivity contribution in [3.8, 4) is 17.2 Å². The Hall–Kier alpha value is -3.88. The molecule has 1 heterocycles. The van der Waals surface area contributed by atoms with Gasteiger partial charge in [-0.3, -0.25) is 14.2 Å². The highest BCUT2D eigenvalue weighted by molar-refractivity contribution is 5.91. The topological polar surface area (TPSA) is 104 Å². The summed E-state index contributed by atoms with van der Waals surface area (Å²) < 4.78 is 12.6. The van der Waals surface area contributed by atoms with Crippen LogP contribution >= 0.6 is 0 Å². The van der Waals surface area contributed by atoms with Gasteiger partial charge in [-0.05, 0) is 36.5 Å². The standard InChI is InChI=1S/C23H24N4O5/c1-31-18-11-10-17(12-19(18)32-2)27-23(30)26(14-16-6-4-3-5-7-16)22(29)20(25-27)21(28)24-13-15-8-9-15/h3-7,10-12,15H,8-9,13-14H2,1-2H3,(H,24,28). The summed E-state index contributed by atoms with van der Waals surface area (Å²) in [6.45, 7) is 0.491. The van der Waals surface area contributed by atoms with Gasteiger partial charge in [-0.25, -0.2) is 4.79 Å². The lowest BCUT2D eigenvalue weighted by Gasteiger charge is -2.14. The molecular formula is C23H24N4O5. The average Bonchev–Trinajstić information content (AvgIpc) is 3.65. The lowest BCUT2D eigenvalue weighted by atomic mass is 10.2. The molecule has 0 radical (unpaired) electrons. The Labute approximate surface area is 184 Å². The molecule has 1 aliphatic rings. The van der Waals surface area contributed by atoms with E-state index in [1.165, 1.54) is 14.2 Å². The Kier molecular flexibility index (Phi) is 6.07. The zero-order valence-electron chi connectivity index (χ0n) is 17.9. The molecule has 1 aromatic heterocycles. The van der Waals surface area contributed by atoms with E-state index in [9.17, 15) is 14.4 Å². The van der Waals surface area contributed by atoms with Crippen LogP contribution < -0.4 is 26.0 Å². The highest BCUT2D eigenvalue weighted by Crippen LogP contribution is 2.28. The Morgan fingerprint density at radius 1 is 1.06 bits per heavy atom. The first kappa shape index (κ1) is 21.4. The highest BCUT2D eigenvalue weighted by Gasteiger charge is 2.25. The molecule has 1 saturated carbocycles. The van der Waals surface area contributed by atoms with Crippen molar-refractivity contribution in [1.82, 2.24) is 19.7 Å². The molecule has 0 atom stereocenters. The molecule has 3 aromatic rings. The van der Waals surface area contributed by atoms with Crippen molar-refractivity contribution in [2.75, 3.05) is 20.8 Å². The summed E-state index contributed by atoms with van der Waals surface area (Å²) in [6.07, 6.45) is 2.11. The van der Waals surface area contributed by atoms with Gasteiger partial charge in [0.25, 0.3) is 11.5 Å². The zero-order chi connectivity index (χ0) is 22.7. The third kappa shape index (κ3) is 4.41. The molecule has 1 aliphatic carbocycles. The van der Waals surface area contributed by atoms with Gasteiger partial charge in [0.05, 0.1) is 26.5 Å². The minimum atomic E-state index is -0.733. The van der Waals surface area contributed by atoms with Gasteiger partial charge in [-0.1, -0.05) is 30.3 Å². The normalized spacial score (nSPS) is 12.9. The van der Waals surface area contributed by atoms with Crippen LogP contribution in [0.3, 0.4) is 0 Å². The second-order valence-corrected chi connectivity index (χ2v) is 7.61. The number of nitrogens with zero attached hydrogens (tertiary/aromatic N) is 3. The van der Waals surface area contributed by atoms with Crippen LogP contribution in [0, 0.1) is 5.92 Å². The van der Waals surface area contributed by atoms with Crippen LogP contribution in [0.5, 0.6) is 11.5 Å². The number of amides is 1. The quantitative estimate of drug-likeness (QED) is 0.575. The second kappa shape index (κ2) is 9.09. The fourth-order valence-corrected chi connectivity index (χ4v) is 3.33. The summed E-state index contributed by atoms with van der Waals surface area (Å²) in [5.41, 5.74) is -0.642. The molecule has 9 heteroatoms. The molecule has 4 rings (SSSR count). The van der Waals surface area contributed by atoms with Gasteiger partial charge in [0.15, 0.2) is 11.5 Å². The minimum absolute atomic E-state index is 0.0111. The minimum Gasteiger partial charge on any atom is -0.493 e. The van der Waals surface area contributed by atoms with Crippen LogP contribution in [0.25, 0.3) is 5.69 Å². The number of benzene rings is 2. The number of rotatable bonds is 8. The van der Waals surface area contributed by atoms with E-state index in [-0.39, 0.29) is 12.2 Å². The largest absolute Gasteiger partial charge is 0.493 e. The van der Waals surface area contributed by atoms with E-state index in [0.29, 0.717) is 29.6 Å².